The molecule has 1 rings (SSSR count). The van der Waals surface area contributed by atoms with Gasteiger partial charge in [-0.3, -0.25) is 0 Å². The molecule has 1 N–H and O–H groups in total. The summed E-state index contributed by atoms with van der Waals surface area (Å²) in [6.07, 6.45) is 0. The highest BCUT2D eigenvalue weighted by atomic mass is 35.5. The van der Waals surface area contributed by atoms with Gasteiger partial charge in [-0.2, -0.15) is 0 Å². The van der Waals surface area contributed by atoms with E-state index in [-0.39, 0.29) is 5.41 Å². The van der Waals surface area contributed by atoms with E-state index in [1.165, 1.54) is 10.4 Å². The Balaban J connectivity index is 3.08. The van der Waals surface area contributed by atoms with E-state index in [2.05, 4.69) is 38.4 Å². The van der Waals surface area contributed by atoms with Gasteiger partial charge in [0.1, 0.15) is 0 Å². The molecule has 0 aromatic carbocycles. The average Bonchev–Trinajstić information content (AvgIpc) is 2.35. The van der Waals surface area contributed by atoms with E-state index in [4.69, 9.17) is 11.6 Å². The highest BCUT2D eigenvalue weighted by Gasteiger charge is 2.28. The van der Waals surface area contributed by atoms with E-state index in [1.54, 1.807) is 11.3 Å². The van der Waals surface area contributed by atoms with Gasteiger partial charge in [-0.1, -0.05) is 32.4 Å². The number of aryl methyl sites for hydroxylation is 1. The van der Waals surface area contributed by atoms with E-state index < -0.39 is 0 Å². The molecule has 0 saturated carbocycles. The molecule has 0 amide bonds. The smallest absolute Gasteiger partial charge is 0.0590 e. The van der Waals surface area contributed by atoms with Crippen molar-refractivity contribution in [2.45, 2.75) is 33.7 Å². The van der Waals surface area contributed by atoms with Gasteiger partial charge in [0.25, 0.3) is 0 Å². The van der Waals surface area contributed by atoms with E-state index in [0.29, 0.717) is 6.04 Å². The Morgan fingerprint density at radius 1 is 1.43 bits per heavy atom. The second kappa shape index (κ2) is 4.21. The fourth-order valence-electron chi connectivity index (χ4n) is 1.60. The summed E-state index contributed by atoms with van der Waals surface area (Å²) in [5.74, 6) is 0. The van der Waals surface area contributed by atoms with Crippen LogP contribution in [0.15, 0.2) is 5.38 Å². The standard InChI is InChI=1S/C11H18ClNS/c1-7-6-14-9(8(7)12)10(13-5)11(2,3)4/h6,10,13H,1-5H3. The number of thiophene rings is 1. The molecule has 3 heteroatoms. The predicted octanol–water partition coefficient (Wildman–Crippen LogP) is 4.02. The van der Waals surface area contributed by atoms with Crippen LogP contribution in [-0.2, 0) is 0 Å². The van der Waals surface area contributed by atoms with Gasteiger partial charge in [-0.05, 0) is 30.3 Å². The minimum absolute atomic E-state index is 0.190. The van der Waals surface area contributed by atoms with E-state index in [0.717, 1.165) is 5.02 Å². The average molecular weight is 232 g/mol. The van der Waals surface area contributed by atoms with Crippen molar-refractivity contribution < 1.29 is 0 Å². The molecule has 1 heterocycles. The molecule has 14 heavy (non-hydrogen) atoms. The number of hydrogen-bond acceptors (Lipinski definition) is 2. The Kier molecular flexibility index (Phi) is 3.62. The van der Waals surface area contributed by atoms with Gasteiger partial charge in [0, 0.05) is 10.9 Å². The summed E-state index contributed by atoms with van der Waals surface area (Å²) in [5.41, 5.74) is 1.37. The second-order valence-electron chi connectivity index (χ2n) is 4.68. The molecule has 1 nitrogen and oxygen atoms in total. The second-order valence-corrected chi connectivity index (χ2v) is 5.97. The predicted molar refractivity (Wildman–Crippen MR) is 65.3 cm³/mol. The Morgan fingerprint density at radius 2 is 2.00 bits per heavy atom. The third-order valence-corrected chi connectivity index (χ3v) is 4.12. The summed E-state index contributed by atoms with van der Waals surface area (Å²) < 4.78 is 0. The van der Waals surface area contributed by atoms with Crippen LogP contribution in [0, 0.1) is 12.3 Å². The molecule has 1 atom stereocenters. The Labute approximate surface area is 95.5 Å². The maximum Gasteiger partial charge on any atom is 0.0590 e. The van der Waals surface area contributed by atoms with Crippen LogP contribution < -0.4 is 5.32 Å². The van der Waals surface area contributed by atoms with Crippen LogP contribution in [0.4, 0.5) is 0 Å². The molecule has 0 spiro atoms. The van der Waals surface area contributed by atoms with Gasteiger partial charge < -0.3 is 5.32 Å². The molecule has 0 fully saturated rings. The Morgan fingerprint density at radius 3 is 2.29 bits per heavy atom. The fourth-order valence-corrected chi connectivity index (χ4v) is 3.26. The van der Waals surface area contributed by atoms with Crippen molar-refractivity contribution in [3.05, 3.63) is 20.8 Å². The fraction of sp³-hybridized carbons (Fsp3) is 0.636. The highest BCUT2D eigenvalue weighted by molar-refractivity contribution is 7.10. The first-order chi connectivity index (χ1) is 6.38. The zero-order valence-electron chi connectivity index (χ0n) is 9.44. The molecule has 0 aliphatic heterocycles. The lowest BCUT2D eigenvalue weighted by atomic mass is 9.86. The Hall–Kier alpha value is -0.0500. The molecule has 80 valence electrons. The van der Waals surface area contributed by atoms with Crippen LogP contribution in [0.3, 0.4) is 0 Å². The zero-order valence-corrected chi connectivity index (χ0v) is 11.0. The summed E-state index contributed by atoms with van der Waals surface area (Å²) in [4.78, 5) is 1.25. The first kappa shape index (κ1) is 12.0. The number of rotatable bonds is 2. The molecule has 0 bridgehead atoms. The van der Waals surface area contributed by atoms with Crippen molar-refractivity contribution in [1.29, 1.82) is 0 Å². The van der Waals surface area contributed by atoms with Crippen molar-refractivity contribution in [2.24, 2.45) is 5.41 Å². The van der Waals surface area contributed by atoms with Gasteiger partial charge in [0.05, 0.1) is 5.02 Å². The topological polar surface area (TPSA) is 12.0 Å². The molecular formula is C11H18ClNS. The molecule has 0 aliphatic rings. The van der Waals surface area contributed by atoms with Crippen LogP contribution in [0.5, 0.6) is 0 Å². The molecule has 1 unspecified atom stereocenters. The van der Waals surface area contributed by atoms with E-state index in [1.807, 2.05) is 7.05 Å². The maximum atomic E-state index is 6.26. The number of halogens is 1. The molecule has 0 radical (unpaired) electrons. The minimum Gasteiger partial charge on any atom is -0.312 e. The SMILES string of the molecule is CNC(c1scc(C)c1Cl)C(C)(C)C. The monoisotopic (exact) mass is 231 g/mol. The lowest BCUT2D eigenvalue weighted by molar-refractivity contribution is 0.291. The van der Waals surface area contributed by atoms with Crippen molar-refractivity contribution in [2.75, 3.05) is 7.05 Å². The molecular weight excluding hydrogens is 214 g/mol. The summed E-state index contributed by atoms with van der Waals surface area (Å²) in [5, 5.41) is 6.38. The third kappa shape index (κ3) is 2.30. The van der Waals surface area contributed by atoms with Gasteiger partial charge in [0.2, 0.25) is 0 Å². The van der Waals surface area contributed by atoms with Crippen molar-refractivity contribution in [3.8, 4) is 0 Å². The van der Waals surface area contributed by atoms with E-state index >= 15 is 0 Å². The van der Waals surface area contributed by atoms with E-state index in [9.17, 15) is 0 Å². The summed E-state index contributed by atoms with van der Waals surface area (Å²) in [6, 6.07) is 0.327. The normalized spacial score (nSPS) is 14.4. The quantitative estimate of drug-likeness (QED) is 0.811. The van der Waals surface area contributed by atoms with Crippen LogP contribution in [0.1, 0.15) is 37.3 Å². The Bertz CT molecular complexity index is 312. The maximum absolute atomic E-state index is 6.26. The molecule has 1 aromatic rings. The van der Waals surface area contributed by atoms with Crippen LogP contribution >= 0.6 is 22.9 Å². The summed E-state index contributed by atoms with van der Waals surface area (Å²) in [6.45, 7) is 8.72. The van der Waals surface area contributed by atoms with Crippen LogP contribution in [-0.4, -0.2) is 7.05 Å². The summed E-state index contributed by atoms with van der Waals surface area (Å²) >= 11 is 8.00. The van der Waals surface area contributed by atoms with Crippen LogP contribution in [0.2, 0.25) is 5.02 Å². The number of nitrogens with one attached hydrogen (secondary N) is 1. The van der Waals surface area contributed by atoms with Crippen LogP contribution in [0.25, 0.3) is 0 Å². The minimum atomic E-state index is 0.190. The number of hydrogen-bond donors (Lipinski definition) is 1. The largest absolute Gasteiger partial charge is 0.312 e. The van der Waals surface area contributed by atoms with Crippen molar-refractivity contribution in [1.82, 2.24) is 5.32 Å². The lowest BCUT2D eigenvalue weighted by Crippen LogP contribution is -2.29. The van der Waals surface area contributed by atoms with Gasteiger partial charge in [0.15, 0.2) is 0 Å². The van der Waals surface area contributed by atoms with Gasteiger partial charge >= 0.3 is 0 Å². The van der Waals surface area contributed by atoms with Crippen molar-refractivity contribution >= 4 is 22.9 Å². The lowest BCUT2D eigenvalue weighted by Gasteiger charge is -2.29. The first-order valence-corrected chi connectivity index (χ1v) is 6.04. The van der Waals surface area contributed by atoms with Crippen molar-refractivity contribution in [3.63, 3.8) is 0 Å². The third-order valence-electron chi connectivity index (χ3n) is 2.34. The molecule has 0 saturated heterocycles. The summed E-state index contributed by atoms with van der Waals surface area (Å²) in [7, 11) is 1.99. The zero-order chi connectivity index (χ0) is 10.9. The first-order valence-electron chi connectivity index (χ1n) is 4.78. The molecule has 0 aliphatic carbocycles. The highest BCUT2D eigenvalue weighted by Crippen LogP contribution is 2.40. The van der Waals surface area contributed by atoms with Gasteiger partial charge in [-0.15, -0.1) is 11.3 Å². The molecule has 1 aromatic heterocycles. The van der Waals surface area contributed by atoms with Gasteiger partial charge in [-0.25, -0.2) is 0 Å².